The minimum absolute atomic E-state index is 0.0748. The fraction of sp³-hybridized carbons (Fsp3) is 0.429. The maximum absolute atomic E-state index is 6.25. The molecule has 0 aliphatic carbocycles. The van der Waals surface area contributed by atoms with Crippen molar-refractivity contribution in [3.05, 3.63) is 64.8 Å². The van der Waals surface area contributed by atoms with Crippen LogP contribution in [0, 0.1) is 20.8 Å². The average Bonchev–Trinajstić information content (AvgIpc) is 2.79. The maximum Gasteiger partial charge on any atom is 0.229 e. The molecule has 1 aliphatic heterocycles. The maximum atomic E-state index is 6.25. The first-order chi connectivity index (χ1) is 16.3. The van der Waals surface area contributed by atoms with E-state index in [4.69, 9.17) is 9.72 Å². The summed E-state index contributed by atoms with van der Waals surface area (Å²) in [6, 6.07) is 12.6. The Hall–Kier alpha value is -3.12. The van der Waals surface area contributed by atoms with E-state index in [2.05, 4.69) is 79.5 Å². The Morgan fingerprint density at radius 2 is 1.68 bits per heavy atom. The molecule has 180 valence electrons. The first kappa shape index (κ1) is 24.0. The van der Waals surface area contributed by atoms with Crippen molar-refractivity contribution in [3.63, 3.8) is 0 Å². The zero-order valence-electron chi connectivity index (χ0n) is 21.3. The van der Waals surface area contributed by atoms with Crippen LogP contribution in [-0.2, 0) is 0 Å². The van der Waals surface area contributed by atoms with Crippen LogP contribution in [0.1, 0.15) is 54.9 Å². The highest BCUT2D eigenvalue weighted by atomic mass is 16.5. The normalized spacial score (nSPS) is 14.9. The van der Waals surface area contributed by atoms with Crippen LogP contribution in [-0.4, -0.2) is 41.1 Å². The number of piperidine rings is 1. The molecule has 1 saturated heterocycles. The van der Waals surface area contributed by atoms with Gasteiger partial charge < -0.3 is 20.3 Å². The monoisotopic (exact) mass is 459 g/mol. The van der Waals surface area contributed by atoms with E-state index in [0.29, 0.717) is 11.9 Å². The minimum atomic E-state index is 0.0748. The van der Waals surface area contributed by atoms with Crippen LogP contribution < -0.4 is 15.4 Å². The molecule has 34 heavy (non-hydrogen) atoms. The van der Waals surface area contributed by atoms with Gasteiger partial charge in [-0.2, -0.15) is 4.98 Å². The number of benzene rings is 2. The molecule has 4 rings (SSSR count). The number of hydrogen-bond acceptors (Lipinski definition) is 6. The summed E-state index contributed by atoms with van der Waals surface area (Å²) in [5.41, 5.74) is 6.76. The molecule has 6 nitrogen and oxygen atoms in total. The fourth-order valence-electron chi connectivity index (χ4n) is 4.50. The number of aryl methyl sites for hydroxylation is 3. The molecule has 1 fully saturated rings. The Kier molecular flexibility index (Phi) is 7.37. The second-order valence-corrected chi connectivity index (χ2v) is 9.74. The van der Waals surface area contributed by atoms with Gasteiger partial charge in [0.05, 0.1) is 11.8 Å². The summed E-state index contributed by atoms with van der Waals surface area (Å²) >= 11 is 0. The summed E-state index contributed by atoms with van der Waals surface area (Å²) in [7, 11) is 2.20. The number of ether oxygens (including phenoxy) is 1. The van der Waals surface area contributed by atoms with Crippen molar-refractivity contribution < 1.29 is 4.74 Å². The van der Waals surface area contributed by atoms with Gasteiger partial charge in [0.25, 0.3) is 0 Å². The van der Waals surface area contributed by atoms with E-state index in [-0.39, 0.29) is 6.10 Å². The minimum Gasteiger partial charge on any atom is -0.489 e. The SMILES string of the molecule is Cc1ccccc1Nc1nc(Nc2cc(C)c(C3CCN(C)CC3)cc2OC(C)C)ncc1C. The van der Waals surface area contributed by atoms with E-state index in [1.54, 1.807) is 0 Å². The largest absolute Gasteiger partial charge is 0.489 e. The number of likely N-dealkylation sites (tertiary alicyclic amines) is 1. The molecule has 0 saturated carbocycles. The second kappa shape index (κ2) is 10.4. The predicted molar refractivity (Wildman–Crippen MR) is 141 cm³/mol. The average molecular weight is 460 g/mol. The van der Waals surface area contributed by atoms with Crippen LogP contribution in [0.3, 0.4) is 0 Å². The summed E-state index contributed by atoms with van der Waals surface area (Å²) in [4.78, 5) is 11.7. The molecular weight excluding hydrogens is 422 g/mol. The molecule has 0 spiro atoms. The van der Waals surface area contributed by atoms with Crippen molar-refractivity contribution in [2.24, 2.45) is 0 Å². The van der Waals surface area contributed by atoms with Gasteiger partial charge in [0, 0.05) is 17.4 Å². The van der Waals surface area contributed by atoms with E-state index in [0.717, 1.165) is 41.6 Å². The third-order valence-electron chi connectivity index (χ3n) is 6.51. The van der Waals surface area contributed by atoms with Crippen molar-refractivity contribution in [3.8, 4) is 5.75 Å². The first-order valence-corrected chi connectivity index (χ1v) is 12.2. The van der Waals surface area contributed by atoms with E-state index in [9.17, 15) is 0 Å². The third kappa shape index (κ3) is 5.68. The highest BCUT2D eigenvalue weighted by Crippen LogP contribution is 2.38. The Morgan fingerprint density at radius 3 is 2.38 bits per heavy atom. The smallest absolute Gasteiger partial charge is 0.229 e. The zero-order chi connectivity index (χ0) is 24.2. The second-order valence-electron chi connectivity index (χ2n) is 9.74. The Balaban J connectivity index is 1.62. The van der Waals surface area contributed by atoms with E-state index in [1.165, 1.54) is 29.5 Å². The van der Waals surface area contributed by atoms with Crippen LogP contribution in [0.25, 0.3) is 0 Å². The van der Waals surface area contributed by atoms with Gasteiger partial charge in [0.15, 0.2) is 0 Å². The number of aromatic nitrogens is 2. The third-order valence-corrected chi connectivity index (χ3v) is 6.51. The van der Waals surface area contributed by atoms with Crippen LogP contribution in [0.2, 0.25) is 0 Å². The lowest BCUT2D eigenvalue weighted by atomic mass is 9.86. The molecule has 0 amide bonds. The fourth-order valence-corrected chi connectivity index (χ4v) is 4.50. The number of para-hydroxylation sites is 1. The number of anilines is 4. The van der Waals surface area contributed by atoms with E-state index >= 15 is 0 Å². The summed E-state index contributed by atoms with van der Waals surface area (Å²) in [5, 5.41) is 6.88. The molecule has 2 N–H and O–H groups in total. The molecule has 0 radical (unpaired) electrons. The van der Waals surface area contributed by atoms with Gasteiger partial charge >= 0.3 is 0 Å². The van der Waals surface area contributed by atoms with Gasteiger partial charge in [-0.15, -0.1) is 0 Å². The van der Waals surface area contributed by atoms with Crippen molar-refractivity contribution in [1.29, 1.82) is 0 Å². The summed E-state index contributed by atoms with van der Waals surface area (Å²) in [6.07, 6.45) is 4.28. The Morgan fingerprint density at radius 1 is 0.941 bits per heavy atom. The molecular formula is C28H37N5O. The number of nitrogens with one attached hydrogen (secondary N) is 2. The number of nitrogens with zero attached hydrogens (tertiary/aromatic N) is 3. The molecule has 6 heteroatoms. The lowest BCUT2D eigenvalue weighted by Gasteiger charge is -2.30. The molecule has 1 aliphatic rings. The van der Waals surface area contributed by atoms with E-state index < -0.39 is 0 Å². The summed E-state index contributed by atoms with van der Waals surface area (Å²) in [6.45, 7) is 12.7. The van der Waals surface area contributed by atoms with Crippen molar-refractivity contribution in [2.45, 2.75) is 59.5 Å². The molecule has 0 unspecified atom stereocenters. The van der Waals surface area contributed by atoms with Crippen LogP contribution >= 0.6 is 0 Å². The summed E-state index contributed by atoms with van der Waals surface area (Å²) < 4.78 is 6.25. The van der Waals surface area contributed by atoms with Gasteiger partial charge in [0.1, 0.15) is 11.6 Å². The molecule has 0 atom stereocenters. The van der Waals surface area contributed by atoms with Crippen LogP contribution in [0.5, 0.6) is 5.75 Å². The Labute approximate surface area is 203 Å². The summed E-state index contributed by atoms with van der Waals surface area (Å²) in [5.74, 6) is 2.76. The quantitative estimate of drug-likeness (QED) is 0.421. The van der Waals surface area contributed by atoms with E-state index in [1.807, 2.05) is 25.3 Å². The standard InChI is InChI=1S/C28H37N5O/c1-18(2)34-26-16-23(22-11-13-33(6)14-12-22)20(4)15-25(26)31-28-29-17-21(5)27(32-28)30-24-10-8-7-9-19(24)3/h7-10,15-18,22H,11-14H2,1-6H3,(H2,29,30,31,32). The predicted octanol–water partition coefficient (Wildman–Crippen LogP) is 6.49. The van der Waals surface area contributed by atoms with Crippen molar-refractivity contribution >= 4 is 23.1 Å². The van der Waals surface area contributed by atoms with Crippen molar-refractivity contribution in [1.82, 2.24) is 14.9 Å². The topological polar surface area (TPSA) is 62.3 Å². The lowest BCUT2D eigenvalue weighted by Crippen LogP contribution is -2.29. The highest BCUT2D eigenvalue weighted by molar-refractivity contribution is 5.68. The van der Waals surface area contributed by atoms with Gasteiger partial charge in [-0.25, -0.2) is 4.98 Å². The van der Waals surface area contributed by atoms with Gasteiger partial charge in [-0.1, -0.05) is 18.2 Å². The molecule has 1 aromatic heterocycles. The first-order valence-electron chi connectivity index (χ1n) is 12.2. The van der Waals surface area contributed by atoms with Gasteiger partial charge in [0.2, 0.25) is 5.95 Å². The molecule has 2 heterocycles. The number of rotatable bonds is 7. The molecule has 3 aromatic rings. The van der Waals surface area contributed by atoms with Gasteiger partial charge in [-0.3, -0.25) is 0 Å². The van der Waals surface area contributed by atoms with Crippen LogP contribution in [0.4, 0.5) is 23.1 Å². The Bertz CT molecular complexity index is 1140. The zero-order valence-corrected chi connectivity index (χ0v) is 21.3. The van der Waals surface area contributed by atoms with Crippen LogP contribution in [0.15, 0.2) is 42.6 Å². The van der Waals surface area contributed by atoms with Gasteiger partial charge in [-0.05, 0) is 108 Å². The lowest BCUT2D eigenvalue weighted by molar-refractivity contribution is 0.241. The van der Waals surface area contributed by atoms with Crippen molar-refractivity contribution in [2.75, 3.05) is 30.8 Å². The molecule has 0 bridgehead atoms. The number of hydrogen-bond donors (Lipinski definition) is 2. The molecule has 2 aromatic carbocycles. The highest BCUT2D eigenvalue weighted by Gasteiger charge is 2.22.